The molecular formula is C24H19N7O2. The zero-order valence-corrected chi connectivity index (χ0v) is 17.6. The molecule has 0 aliphatic rings. The van der Waals surface area contributed by atoms with E-state index in [1.807, 2.05) is 18.2 Å². The highest BCUT2D eigenvalue weighted by atomic mass is 16.5. The number of nitriles is 1. The number of carbonyl (C=O) groups excluding carboxylic acids is 1. The van der Waals surface area contributed by atoms with E-state index < -0.39 is 6.03 Å². The van der Waals surface area contributed by atoms with E-state index in [2.05, 4.69) is 30.9 Å². The number of rotatable bonds is 6. The topological polar surface area (TPSA) is 125 Å². The summed E-state index contributed by atoms with van der Waals surface area (Å²) in [5, 5.41) is 17.2. The van der Waals surface area contributed by atoms with Crippen LogP contribution in [0.5, 0.6) is 11.6 Å². The van der Waals surface area contributed by atoms with Crippen LogP contribution >= 0.6 is 0 Å². The van der Waals surface area contributed by atoms with Gasteiger partial charge in [0.1, 0.15) is 5.75 Å². The van der Waals surface area contributed by atoms with Crippen LogP contribution in [0.1, 0.15) is 5.56 Å². The number of pyridine rings is 1. The minimum Gasteiger partial charge on any atom is -0.438 e. The molecule has 33 heavy (non-hydrogen) atoms. The molecule has 0 radical (unpaired) electrons. The highest BCUT2D eigenvalue weighted by Crippen LogP contribution is 2.30. The van der Waals surface area contributed by atoms with E-state index >= 15 is 0 Å². The van der Waals surface area contributed by atoms with Gasteiger partial charge in [-0.2, -0.15) is 5.26 Å². The van der Waals surface area contributed by atoms with Crippen LogP contribution in [0.4, 0.5) is 22.1 Å². The van der Waals surface area contributed by atoms with Crippen LogP contribution in [0.2, 0.25) is 0 Å². The highest BCUT2D eigenvalue weighted by Gasteiger charge is 2.11. The Hall–Kier alpha value is -4.97. The van der Waals surface area contributed by atoms with Gasteiger partial charge in [0, 0.05) is 30.8 Å². The van der Waals surface area contributed by atoms with Crippen LogP contribution in [0.15, 0.2) is 79.1 Å². The predicted molar refractivity (Wildman–Crippen MR) is 125 cm³/mol. The second-order valence-electron chi connectivity index (χ2n) is 6.77. The van der Waals surface area contributed by atoms with Crippen LogP contribution in [0, 0.1) is 11.3 Å². The number of anilines is 3. The number of urea groups is 1. The number of hydrogen-bond donors (Lipinski definition) is 3. The first-order chi connectivity index (χ1) is 16.1. The summed E-state index contributed by atoms with van der Waals surface area (Å²) in [4.78, 5) is 25.1. The minimum atomic E-state index is -0.399. The minimum absolute atomic E-state index is 0.399. The number of amides is 2. The zero-order valence-electron chi connectivity index (χ0n) is 17.6. The molecule has 3 N–H and O–H groups in total. The average molecular weight is 437 g/mol. The molecule has 4 rings (SSSR count). The maximum absolute atomic E-state index is 12.2. The lowest BCUT2D eigenvalue weighted by atomic mass is 10.2. The van der Waals surface area contributed by atoms with Crippen LogP contribution < -0.4 is 20.7 Å². The molecule has 4 aromatic rings. The van der Waals surface area contributed by atoms with Crippen LogP contribution in [0.3, 0.4) is 0 Å². The molecule has 2 amide bonds. The smallest absolute Gasteiger partial charge is 0.323 e. The molecule has 2 aromatic carbocycles. The number of nitrogens with zero attached hydrogens (tertiary/aromatic N) is 4. The lowest BCUT2D eigenvalue weighted by Gasteiger charge is -2.11. The number of benzene rings is 2. The second-order valence-corrected chi connectivity index (χ2v) is 6.77. The first-order valence-electron chi connectivity index (χ1n) is 9.97. The molecule has 9 heteroatoms. The third kappa shape index (κ3) is 5.39. The van der Waals surface area contributed by atoms with Crippen molar-refractivity contribution in [1.29, 1.82) is 5.26 Å². The van der Waals surface area contributed by atoms with E-state index in [1.165, 1.54) is 0 Å². The summed E-state index contributed by atoms with van der Waals surface area (Å²) < 4.78 is 5.97. The molecule has 162 valence electrons. The highest BCUT2D eigenvalue weighted by molar-refractivity contribution is 5.99. The first kappa shape index (κ1) is 21.3. The van der Waals surface area contributed by atoms with Crippen molar-refractivity contribution in [3.8, 4) is 29.0 Å². The number of aromatic nitrogens is 3. The lowest BCUT2D eigenvalue weighted by molar-refractivity contribution is 0.262. The summed E-state index contributed by atoms with van der Waals surface area (Å²) in [6, 6.07) is 20.6. The molecule has 0 bridgehead atoms. The molecule has 0 aliphatic carbocycles. The Morgan fingerprint density at radius 1 is 0.909 bits per heavy atom. The van der Waals surface area contributed by atoms with Crippen LogP contribution in [-0.2, 0) is 0 Å². The number of ether oxygens (including phenoxy) is 1. The molecule has 0 aliphatic heterocycles. The molecule has 0 fully saturated rings. The van der Waals surface area contributed by atoms with E-state index in [0.717, 1.165) is 5.56 Å². The van der Waals surface area contributed by atoms with Crippen molar-refractivity contribution in [3.05, 3.63) is 84.7 Å². The summed E-state index contributed by atoms with van der Waals surface area (Å²) in [5.74, 6) is 1.45. The Morgan fingerprint density at radius 3 is 2.27 bits per heavy atom. The molecule has 0 saturated heterocycles. The van der Waals surface area contributed by atoms with E-state index in [0.29, 0.717) is 40.2 Å². The quantitative estimate of drug-likeness (QED) is 0.392. The van der Waals surface area contributed by atoms with Crippen LogP contribution in [-0.4, -0.2) is 28.0 Å². The Morgan fingerprint density at radius 2 is 1.61 bits per heavy atom. The van der Waals surface area contributed by atoms with Gasteiger partial charge in [-0.1, -0.05) is 0 Å². The maximum Gasteiger partial charge on any atom is 0.323 e. The second kappa shape index (κ2) is 9.89. The normalized spacial score (nSPS) is 10.1. The SMILES string of the molecule is CNc1nccc(-c2cccnc2Oc2ccc(NC(=O)Nc3ccc(C#N)cc3)cc2)n1. The molecule has 0 atom stereocenters. The fourth-order valence-corrected chi connectivity index (χ4v) is 2.94. The van der Waals surface area contributed by atoms with Gasteiger partial charge in [0.15, 0.2) is 0 Å². The fraction of sp³-hybridized carbons (Fsp3) is 0.0417. The molecule has 2 aromatic heterocycles. The third-order valence-corrected chi connectivity index (χ3v) is 4.52. The van der Waals surface area contributed by atoms with Crippen molar-refractivity contribution in [1.82, 2.24) is 15.0 Å². The largest absolute Gasteiger partial charge is 0.438 e. The molecule has 0 saturated carbocycles. The molecular weight excluding hydrogens is 418 g/mol. The first-order valence-corrected chi connectivity index (χ1v) is 9.97. The van der Waals surface area contributed by atoms with Gasteiger partial charge in [0.25, 0.3) is 0 Å². The van der Waals surface area contributed by atoms with Crippen molar-refractivity contribution in [2.45, 2.75) is 0 Å². The monoisotopic (exact) mass is 437 g/mol. The van der Waals surface area contributed by atoms with Gasteiger partial charge in [0.05, 0.1) is 22.9 Å². The molecule has 9 nitrogen and oxygen atoms in total. The lowest BCUT2D eigenvalue weighted by Crippen LogP contribution is -2.19. The maximum atomic E-state index is 12.2. The summed E-state index contributed by atoms with van der Waals surface area (Å²) in [5.41, 5.74) is 3.09. The van der Waals surface area contributed by atoms with Gasteiger partial charge >= 0.3 is 6.03 Å². The van der Waals surface area contributed by atoms with Crippen molar-refractivity contribution in [3.63, 3.8) is 0 Å². The number of hydrogen-bond acceptors (Lipinski definition) is 7. The molecule has 2 heterocycles. The average Bonchev–Trinajstić information content (AvgIpc) is 2.86. The van der Waals surface area contributed by atoms with Gasteiger partial charge < -0.3 is 20.7 Å². The Kier molecular flexibility index (Phi) is 6.38. The van der Waals surface area contributed by atoms with Gasteiger partial charge in [-0.05, 0) is 66.7 Å². The van der Waals surface area contributed by atoms with E-state index in [4.69, 9.17) is 10.00 Å². The van der Waals surface area contributed by atoms with Gasteiger partial charge in [-0.25, -0.2) is 19.7 Å². The summed E-state index contributed by atoms with van der Waals surface area (Å²) in [6.45, 7) is 0. The predicted octanol–water partition coefficient (Wildman–Crippen LogP) is 4.89. The summed E-state index contributed by atoms with van der Waals surface area (Å²) in [6.07, 6.45) is 3.30. The number of nitrogens with one attached hydrogen (secondary N) is 3. The van der Waals surface area contributed by atoms with Gasteiger partial charge in [-0.3, -0.25) is 0 Å². The standard InChI is InChI=1S/C24H19N7O2/c1-26-23-28-14-12-21(31-23)20-3-2-13-27-22(20)33-19-10-8-18(9-11-19)30-24(32)29-17-6-4-16(15-25)5-7-17/h2-14H,1H3,(H,26,28,31)(H2,29,30,32). The van der Waals surface area contributed by atoms with Crippen molar-refractivity contribution in [2.75, 3.05) is 23.0 Å². The van der Waals surface area contributed by atoms with E-state index in [-0.39, 0.29) is 0 Å². The van der Waals surface area contributed by atoms with Crippen LogP contribution in [0.25, 0.3) is 11.3 Å². The van der Waals surface area contributed by atoms with Crippen molar-refractivity contribution < 1.29 is 9.53 Å². The molecule has 0 unspecified atom stereocenters. The van der Waals surface area contributed by atoms with Crippen molar-refractivity contribution in [2.24, 2.45) is 0 Å². The molecule has 0 spiro atoms. The third-order valence-electron chi connectivity index (χ3n) is 4.52. The van der Waals surface area contributed by atoms with Gasteiger partial charge in [-0.15, -0.1) is 0 Å². The Balaban J connectivity index is 1.43. The fourth-order valence-electron chi connectivity index (χ4n) is 2.94. The van der Waals surface area contributed by atoms with Crippen molar-refractivity contribution >= 4 is 23.4 Å². The van der Waals surface area contributed by atoms with E-state index in [9.17, 15) is 4.79 Å². The summed E-state index contributed by atoms with van der Waals surface area (Å²) >= 11 is 0. The zero-order chi connectivity index (χ0) is 23.0. The Labute approximate surface area is 190 Å². The van der Waals surface area contributed by atoms with E-state index in [1.54, 1.807) is 74.0 Å². The number of carbonyl (C=O) groups is 1. The summed E-state index contributed by atoms with van der Waals surface area (Å²) in [7, 11) is 1.75. The van der Waals surface area contributed by atoms with Gasteiger partial charge in [0.2, 0.25) is 11.8 Å². The Bertz CT molecular complexity index is 1300.